The SMILES string of the molecule is CCOc1ccc(N([C@@H](C)C(=O)N/N=C\c2ccc(Br)cc2)S(C)(=O)=O)cc1. The van der Waals surface area contributed by atoms with Crippen molar-refractivity contribution in [3.05, 3.63) is 58.6 Å². The molecule has 0 aliphatic carbocycles. The van der Waals surface area contributed by atoms with Crippen LogP contribution < -0.4 is 14.5 Å². The van der Waals surface area contributed by atoms with Gasteiger partial charge in [-0.15, -0.1) is 0 Å². The van der Waals surface area contributed by atoms with Gasteiger partial charge in [0, 0.05) is 4.47 Å². The molecular weight excluding hydrogens is 446 g/mol. The van der Waals surface area contributed by atoms with Crippen LogP contribution in [0.4, 0.5) is 5.69 Å². The molecule has 0 fully saturated rings. The molecule has 0 unspecified atom stereocenters. The second kappa shape index (κ2) is 9.70. The molecule has 0 radical (unpaired) electrons. The van der Waals surface area contributed by atoms with Crippen LogP contribution in [0.2, 0.25) is 0 Å². The molecule has 1 amide bonds. The van der Waals surface area contributed by atoms with Crippen LogP contribution in [0.25, 0.3) is 0 Å². The predicted octanol–water partition coefficient (Wildman–Crippen LogP) is 3.15. The lowest BCUT2D eigenvalue weighted by Gasteiger charge is -2.27. The molecule has 0 aliphatic rings. The smallest absolute Gasteiger partial charge is 0.263 e. The summed E-state index contributed by atoms with van der Waals surface area (Å²) in [4.78, 5) is 12.5. The van der Waals surface area contributed by atoms with Crippen molar-refractivity contribution >= 4 is 43.8 Å². The number of carbonyl (C=O) groups excluding carboxylic acids is 1. The molecule has 0 spiro atoms. The van der Waals surface area contributed by atoms with Crippen molar-refractivity contribution in [3.63, 3.8) is 0 Å². The average Bonchev–Trinajstić information content (AvgIpc) is 2.64. The summed E-state index contributed by atoms with van der Waals surface area (Å²) in [7, 11) is -3.69. The Morgan fingerprint density at radius 2 is 1.82 bits per heavy atom. The Kier molecular flexibility index (Phi) is 7.59. The second-order valence-corrected chi connectivity index (χ2v) is 8.72. The standard InChI is InChI=1S/C19H22BrN3O4S/c1-4-27-18-11-9-17(10-12-18)23(28(3,25)26)14(2)19(24)22-21-13-15-5-7-16(20)8-6-15/h5-14H,4H2,1-3H3,(H,22,24)/b21-13-/t14-/m0/s1. The van der Waals surface area contributed by atoms with Gasteiger partial charge in [-0.2, -0.15) is 5.10 Å². The van der Waals surface area contributed by atoms with Gasteiger partial charge in [0.25, 0.3) is 5.91 Å². The number of nitrogens with zero attached hydrogens (tertiary/aromatic N) is 2. The number of carbonyl (C=O) groups is 1. The van der Waals surface area contributed by atoms with E-state index in [1.54, 1.807) is 24.3 Å². The number of halogens is 1. The second-order valence-electron chi connectivity index (χ2n) is 5.95. The predicted molar refractivity (Wildman–Crippen MR) is 114 cm³/mol. The molecule has 28 heavy (non-hydrogen) atoms. The number of anilines is 1. The van der Waals surface area contributed by atoms with E-state index in [-0.39, 0.29) is 0 Å². The van der Waals surface area contributed by atoms with E-state index in [2.05, 4.69) is 26.5 Å². The van der Waals surface area contributed by atoms with E-state index >= 15 is 0 Å². The van der Waals surface area contributed by atoms with Crippen LogP contribution in [0.5, 0.6) is 5.75 Å². The van der Waals surface area contributed by atoms with Gasteiger partial charge in [-0.3, -0.25) is 9.10 Å². The molecule has 0 saturated carbocycles. The van der Waals surface area contributed by atoms with Crippen LogP contribution in [0.15, 0.2) is 58.1 Å². The summed E-state index contributed by atoms with van der Waals surface area (Å²) in [5.74, 6) is 0.0728. The average molecular weight is 468 g/mol. The zero-order valence-corrected chi connectivity index (χ0v) is 18.2. The van der Waals surface area contributed by atoms with Crippen LogP contribution in [-0.4, -0.2) is 39.4 Å². The molecule has 0 saturated heterocycles. The number of nitrogens with one attached hydrogen (secondary N) is 1. The van der Waals surface area contributed by atoms with Crippen LogP contribution >= 0.6 is 15.9 Å². The van der Waals surface area contributed by atoms with Crippen molar-refractivity contribution in [3.8, 4) is 5.75 Å². The monoisotopic (exact) mass is 467 g/mol. The maximum Gasteiger partial charge on any atom is 0.263 e. The minimum atomic E-state index is -3.69. The lowest BCUT2D eigenvalue weighted by Crippen LogP contribution is -2.46. The number of hydrazone groups is 1. The molecular formula is C19H22BrN3O4S. The first-order chi connectivity index (χ1) is 13.2. The van der Waals surface area contributed by atoms with Crippen molar-refractivity contribution in [2.45, 2.75) is 19.9 Å². The highest BCUT2D eigenvalue weighted by molar-refractivity contribution is 9.10. The van der Waals surface area contributed by atoms with Crippen molar-refractivity contribution < 1.29 is 17.9 Å². The fraction of sp³-hybridized carbons (Fsp3) is 0.263. The number of sulfonamides is 1. The van der Waals surface area contributed by atoms with Gasteiger partial charge in [0.2, 0.25) is 10.0 Å². The quantitative estimate of drug-likeness (QED) is 0.476. The van der Waals surface area contributed by atoms with Gasteiger partial charge < -0.3 is 4.74 Å². The van der Waals surface area contributed by atoms with Gasteiger partial charge in [0.15, 0.2) is 0 Å². The first-order valence-electron chi connectivity index (χ1n) is 8.53. The third kappa shape index (κ3) is 6.07. The van der Waals surface area contributed by atoms with Gasteiger partial charge >= 0.3 is 0 Å². The number of amides is 1. The van der Waals surface area contributed by atoms with Crippen LogP contribution in [0.1, 0.15) is 19.4 Å². The number of ether oxygens (including phenoxy) is 1. The summed E-state index contributed by atoms with van der Waals surface area (Å²) < 4.78 is 31.9. The molecule has 1 N–H and O–H groups in total. The van der Waals surface area contributed by atoms with Gasteiger partial charge in [0.1, 0.15) is 11.8 Å². The van der Waals surface area contributed by atoms with E-state index in [0.29, 0.717) is 18.0 Å². The van der Waals surface area contributed by atoms with Crippen molar-refractivity contribution in [2.75, 3.05) is 17.2 Å². The van der Waals surface area contributed by atoms with Crippen LogP contribution in [0.3, 0.4) is 0 Å². The zero-order chi connectivity index (χ0) is 20.7. The van der Waals surface area contributed by atoms with Crippen molar-refractivity contribution in [1.82, 2.24) is 5.43 Å². The van der Waals surface area contributed by atoms with E-state index in [1.807, 2.05) is 31.2 Å². The van der Waals surface area contributed by atoms with E-state index in [1.165, 1.54) is 13.1 Å². The van der Waals surface area contributed by atoms with Gasteiger partial charge in [-0.05, 0) is 55.8 Å². The normalized spacial score (nSPS) is 12.6. The molecule has 2 rings (SSSR count). The minimum Gasteiger partial charge on any atom is -0.494 e. The molecule has 0 heterocycles. The topological polar surface area (TPSA) is 88.1 Å². The Morgan fingerprint density at radius 1 is 1.21 bits per heavy atom. The fourth-order valence-corrected chi connectivity index (χ4v) is 3.92. The molecule has 1 atom stereocenters. The maximum absolute atomic E-state index is 12.5. The van der Waals surface area contributed by atoms with Crippen LogP contribution in [-0.2, 0) is 14.8 Å². The Balaban J connectivity index is 2.14. The number of hydrogen-bond donors (Lipinski definition) is 1. The maximum atomic E-state index is 12.5. The molecule has 7 nitrogen and oxygen atoms in total. The number of benzene rings is 2. The highest BCUT2D eigenvalue weighted by atomic mass is 79.9. The molecule has 0 bridgehead atoms. The van der Waals surface area contributed by atoms with E-state index in [9.17, 15) is 13.2 Å². The first-order valence-corrected chi connectivity index (χ1v) is 11.2. The molecule has 9 heteroatoms. The first kappa shape index (κ1) is 21.9. The van der Waals surface area contributed by atoms with Crippen LogP contribution in [0, 0.1) is 0 Å². The Bertz CT molecular complexity index is 929. The number of rotatable bonds is 8. The van der Waals surface area contributed by atoms with Crippen molar-refractivity contribution in [1.29, 1.82) is 0 Å². The van der Waals surface area contributed by atoms with E-state index < -0.39 is 22.0 Å². The Labute approximate surface area is 173 Å². The molecule has 2 aromatic rings. The largest absolute Gasteiger partial charge is 0.494 e. The molecule has 2 aromatic carbocycles. The number of hydrogen-bond acceptors (Lipinski definition) is 5. The van der Waals surface area contributed by atoms with E-state index in [4.69, 9.17) is 4.74 Å². The van der Waals surface area contributed by atoms with Gasteiger partial charge in [-0.25, -0.2) is 13.8 Å². The summed E-state index contributed by atoms with van der Waals surface area (Å²) >= 11 is 3.34. The van der Waals surface area contributed by atoms with E-state index in [0.717, 1.165) is 20.6 Å². The lowest BCUT2D eigenvalue weighted by atomic mass is 10.2. The highest BCUT2D eigenvalue weighted by Gasteiger charge is 2.29. The Hall–Kier alpha value is -2.39. The molecule has 150 valence electrons. The summed E-state index contributed by atoms with van der Waals surface area (Å²) in [6, 6.07) is 12.9. The zero-order valence-electron chi connectivity index (χ0n) is 15.8. The van der Waals surface area contributed by atoms with Gasteiger partial charge in [0.05, 0.1) is 24.8 Å². The van der Waals surface area contributed by atoms with Gasteiger partial charge in [-0.1, -0.05) is 28.1 Å². The highest BCUT2D eigenvalue weighted by Crippen LogP contribution is 2.24. The third-order valence-corrected chi connectivity index (χ3v) is 5.52. The molecule has 0 aromatic heterocycles. The Morgan fingerprint density at radius 3 is 2.36 bits per heavy atom. The summed E-state index contributed by atoms with van der Waals surface area (Å²) in [5.41, 5.74) is 3.55. The van der Waals surface area contributed by atoms with Crippen molar-refractivity contribution in [2.24, 2.45) is 5.10 Å². The minimum absolute atomic E-state index is 0.366. The third-order valence-electron chi connectivity index (χ3n) is 3.75. The lowest BCUT2D eigenvalue weighted by molar-refractivity contribution is -0.121. The fourth-order valence-electron chi connectivity index (χ4n) is 2.48. The summed E-state index contributed by atoms with van der Waals surface area (Å²) in [6.07, 6.45) is 2.54. The summed E-state index contributed by atoms with van der Waals surface area (Å²) in [6.45, 7) is 3.87. The summed E-state index contributed by atoms with van der Waals surface area (Å²) in [5, 5.41) is 3.91. The molecule has 0 aliphatic heterocycles.